The van der Waals surface area contributed by atoms with E-state index in [0.717, 1.165) is 18.8 Å². The Bertz CT molecular complexity index is 586. The molecule has 2 rings (SSSR count). The normalized spacial score (nSPS) is 24.4. The minimum Gasteiger partial charge on any atom is -0.461 e. The third-order valence-electron chi connectivity index (χ3n) is 5.53. The fourth-order valence-corrected chi connectivity index (χ4v) is 5.13. The molecule has 2 atom stereocenters. The second-order valence-electron chi connectivity index (χ2n) is 8.65. The minimum atomic E-state index is -3.65. The summed E-state index contributed by atoms with van der Waals surface area (Å²) in [5.74, 6) is 0.484. The number of carbonyl (C=O) groups excluding carboxylic acids is 1. The molecule has 168 valence electrons. The van der Waals surface area contributed by atoms with Crippen LogP contribution >= 0.6 is 7.82 Å². The maximum Gasteiger partial charge on any atom is 0.529 e. The van der Waals surface area contributed by atoms with Crippen LogP contribution in [0.15, 0.2) is 11.3 Å². The van der Waals surface area contributed by atoms with Gasteiger partial charge in [0, 0.05) is 0 Å². The van der Waals surface area contributed by atoms with E-state index in [1.54, 1.807) is 6.92 Å². The maximum absolute atomic E-state index is 12.7. The monoisotopic (exact) mass is 430 g/mol. The molecular weight excluding hydrogens is 391 g/mol. The summed E-state index contributed by atoms with van der Waals surface area (Å²) in [6.45, 7) is 6.90. The SMILES string of the molecule is CC1=C2C(=O)OC[C@@H]2COP(=O)(OCCCCCCCCCCCCC(C)C)O1. The molecule has 0 N–H and O–H groups in total. The summed E-state index contributed by atoms with van der Waals surface area (Å²) in [5, 5.41) is 0. The molecule has 0 aromatic rings. The second kappa shape index (κ2) is 12.8. The van der Waals surface area contributed by atoms with Crippen molar-refractivity contribution in [3.8, 4) is 0 Å². The summed E-state index contributed by atoms with van der Waals surface area (Å²) in [7, 11) is -3.65. The Labute approximate surface area is 176 Å². The van der Waals surface area contributed by atoms with Gasteiger partial charge in [-0.3, -0.25) is 9.05 Å². The average Bonchev–Trinajstić information content (AvgIpc) is 2.98. The summed E-state index contributed by atoms with van der Waals surface area (Å²) < 4.78 is 33.9. The number of phosphoric ester groups is 1. The van der Waals surface area contributed by atoms with Crippen LogP contribution in [-0.4, -0.2) is 25.8 Å². The van der Waals surface area contributed by atoms with Crippen LogP contribution in [0, 0.1) is 11.8 Å². The largest absolute Gasteiger partial charge is 0.529 e. The molecule has 0 spiro atoms. The van der Waals surface area contributed by atoms with Crippen LogP contribution in [0.1, 0.15) is 91.4 Å². The van der Waals surface area contributed by atoms with Gasteiger partial charge in [0.1, 0.15) is 12.4 Å². The molecule has 0 aromatic carbocycles. The zero-order valence-corrected chi connectivity index (χ0v) is 19.3. The third kappa shape index (κ3) is 8.82. The molecule has 0 saturated carbocycles. The lowest BCUT2D eigenvalue weighted by Gasteiger charge is -2.17. The molecule has 0 amide bonds. The van der Waals surface area contributed by atoms with Crippen molar-refractivity contribution in [1.29, 1.82) is 0 Å². The molecule has 1 unspecified atom stereocenters. The molecule has 29 heavy (non-hydrogen) atoms. The Hall–Kier alpha value is -0.840. The van der Waals surface area contributed by atoms with Crippen molar-refractivity contribution in [3.05, 3.63) is 11.3 Å². The first-order valence-electron chi connectivity index (χ1n) is 11.4. The smallest absolute Gasteiger partial charge is 0.461 e. The average molecular weight is 431 g/mol. The van der Waals surface area contributed by atoms with Crippen LogP contribution in [0.2, 0.25) is 0 Å². The predicted octanol–water partition coefficient (Wildman–Crippen LogP) is 6.55. The quantitative estimate of drug-likeness (QED) is 0.177. The Morgan fingerprint density at radius 2 is 1.55 bits per heavy atom. The third-order valence-corrected chi connectivity index (χ3v) is 6.99. The van der Waals surface area contributed by atoms with Crippen LogP contribution < -0.4 is 0 Å². The highest BCUT2D eigenvalue weighted by Gasteiger charge is 2.42. The highest BCUT2D eigenvalue weighted by molar-refractivity contribution is 7.48. The van der Waals surface area contributed by atoms with Crippen molar-refractivity contribution in [1.82, 2.24) is 0 Å². The minimum absolute atomic E-state index is 0.118. The van der Waals surface area contributed by atoms with Gasteiger partial charge in [-0.2, -0.15) is 0 Å². The summed E-state index contributed by atoms with van der Waals surface area (Å²) >= 11 is 0. The summed E-state index contributed by atoms with van der Waals surface area (Å²) in [5.41, 5.74) is 0.422. The van der Waals surface area contributed by atoms with Gasteiger partial charge in [-0.1, -0.05) is 78.1 Å². The molecule has 7 heteroatoms. The first kappa shape index (κ1) is 24.4. The van der Waals surface area contributed by atoms with E-state index in [1.807, 2.05) is 0 Å². The van der Waals surface area contributed by atoms with Gasteiger partial charge >= 0.3 is 13.8 Å². The lowest BCUT2D eigenvalue weighted by Crippen LogP contribution is -2.10. The van der Waals surface area contributed by atoms with Gasteiger partial charge in [-0.05, 0) is 19.3 Å². The van der Waals surface area contributed by atoms with Crippen LogP contribution in [0.3, 0.4) is 0 Å². The van der Waals surface area contributed by atoms with Gasteiger partial charge in [-0.15, -0.1) is 0 Å². The molecule has 2 aliphatic heterocycles. The Balaban J connectivity index is 1.48. The van der Waals surface area contributed by atoms with E-state index >= 15 is 0 Å². The predicted molar refractivity (Wildman–Crippen MR) is 113 cm³/mol. The second-order valence-corrected chi connectivity index (χ2v) is 10.2. The number of fused-ring (bicyclic) bond motifs is 1. The van der Waals surface area contributed by atoms with E-state index in [-0.39, 0.29) is 19.1 Å². The zero-order valence-electron chi connectivity index (χ0n) is 18.5. The van der Waals surface area contributed by atoms with Crippen molar-refractivity contribution in [2.45, 2.75) is 91.4 Å². The molecular formula is C22H39O6P. The van der Waals surface area contributed by atoms with Gasteiger partial charge in [0.05, 0.1) is 24.7 Å². The Kier molecular flexibility index (Phi) is 10.8. The van der Waals surface area contributed by atoms with E-state index < -0.39 is 13.8 Å². The van der Waals surface area contributed by atoms with Gasteiger partial charge in [0.2, 0.25) is 0 Å². The van der Waals surface area contributed by atoms with Crippen molar-refractivity contribution in [3.63, 3.8) is 0 Å². The number of hydrogen-bond donors (Lipinski definition) is 0. The van der Waals surface area contributed by atoms with Gasteiger partial charge < -0.3 is 9.26 Å². The molecule has 0 bridgehead atoms. The van der Waals surface area contributed by atoms with E-state index in [0.29, 0.717) is 17.9 Å². The molecule has 2 heterocycles. The van der Waals surface area contributed by atoms with Crippen LogP contribution in [0.25, 0.3) is 0 Å². The fourth-order valence-electron chi connectivity index (χ4n) is 3.80. The molecule has 2 aliphatic rings. The highest BCUT2D eigenvalue weighted by Crippen LogP contribution is 2.54. The number of esters is 1. The molecule has 6 nitrogen and oxygen atoms in total. The van der Waals surface area contributed by atoms with Crippen molar-refractivity contribution < 1.29 is 27.7 Å². The van der Waals surface area contributed by atoms with E-state index in [1.165, 1.54) is 57.8 Å². The number of unbranched alkanes of at least 4 members (excludes halogenated alkanes) is 9. The van der Waals surface area contributed by atoms with Gasteiger partial charge in [0.25, 0.3) is 0 Å². The first-order chi connectivity index (χ1) is 13.9. The standard InChI is InChI=1S/C22H39O6P/c1-18(2)14-12-10-8-6-4-5-7-9-11-13-15-26-29(24)27-17-20-16-25-22(23)21(20)19(3)28-29/h18,20H,4-17H2,1-3H3/t20-,29?/m1/s1. The summed E-state index contributed by atoms with van der Waals surface area (Å²) in [4.78, 5) is 11.7. The van der Waals surface area contributed by atoms with Gasteiger partial charge in [-0.25, -0.2) is 9.36 Å². The summed E-state index contributed by atoms with van der Waals surface area (Å²) in [6.07, 6.45) is 13.7. The topological polar surface area (TPSA) is 71.1 Å². The van der Waals surface area contributed by atoms with Crippen molar-refractivity contribution in [2.75, 3.05) is 19.8 Å². The Morgan fingerprint density at radius 3 is 2.17 bits per heavy atom. The Morgan fingerprint density at radius 1 is 0.966 bits per heavy atom. The van der Waals surface area contributed by atoms with Crippen molar-refractivity contribution in [2.24, 2.45) is 11.8 Å². The molecule has 1 fully saturated rings. The molecule has 0 aromatic heterocycles. The van der Waals surface area contributed by atoms with Crippen LogP contribution in [-0.2, 0) is 27.7 Å². The van der Waals surface area contributed by atoms with Crippen LogP contribution in [0.4, 0.5) is 0 Å². The highest BCUT2D eigenvalue weighted by atomic mass is 31.2. The van der Waals surface area contributed by atoms with E-state index in [9.17, 15) is 9.36 Å². The lowest BCUT2D eigenvalue weighted by atomic mass is 10.0. The van der Waals surface area contributed by atoms with E-state index in [2.05, 4.69) is 13.8 Å². The number of hydrogen-bond acceptors (Lipinski definition) is 6. The first-order valence-corrected chi connectivity index (χ1v) is 12.8. The number of allylic oxidation sites excluding steroid dienone is 1. The zero-order chi connectivity index (χ0) is 21.1. The number of ether oxygens (including phenoxy) is 1. The maximum atomic E-state index is 12.7. The molecule has 0 aliphatic carbocycles. The van der Waals surface area contributed by atoms with Gasteiger partial charge in [0.15, 0.2) is 0 Å². The molecule has 1 saturated heterocycles. The summed E-state index contributed by atoms with van der Waals surface area (Å²) in [6, 6.07) is 0. The lowest BCUT2D eigenvalue weighted by molar-refractivity contribution is -0.135. The number of phosphoric acid groups is 1. The number of carbonyl (C=O) groups is 1. The fraction of sp³-hybridized carbons (Fsp3) is 0.864. The number of rotatable bonds is 14. The van der Waals surface area contributed by atoms with E-state index in [4.69, 9.17) is 18.3 Å². The van der Waals surface area contributed by atoms with Crippen molar-refractivity contribution >= 4 is 13.8 Å². The van der Waals surface area contributed by atoms with Crippen LogP contribution in [0.5, 0.6) is 0 Å². The molecule has 0 radical (unpaired) electrons. The number of cyclic esters (lactones) is 1.